The van der Waals surface area contributed by atoms with Gasteiger partial charge in [-0.25, -0.2) is 0 Å². The van der Waals surface area contributed by atoms with E-state index in [-0.39, 0.29) is 18.5 Å². The average molecular weight is 961 g/mol. The number of hydrogen-bond acceptors (Lipinski definition) is 5. The van der Waals surface area contributed by atoms with Crippen molar-refractivity contribution in [2.24, 2.45) is 0 Å². The Hall–Kier alpha value is -1.40. The third kappa shape index (κ3) is 53.9. The molecule has 2 unspecified atom stereocenters. The van der Waals surface area contributed by atoms with E-state index in [0.717, 1.165) is 44.9 Å². The zero-order valence-corrected chi connectivity index (χ0v) is 46.1. The van der Waals surface area contributed by atoms with Gasteiger partial charge in [0.2, 0.25) is 5.91 Å². The van der Waals surface area contributed by atoms with E-state index in [2.05, 4.69) is 31.3 Å². The molecule has 0 aromatic heterocycles. The number of carbonyl (C=O) groups is 2. The van der Waals surface area contributed by atoms with Gasteiger partial charge in [0, 0.05) is 12.8 Å². The topological polar surface area (TPSA) is 95.9 Å². The van der Waals surface area contributed by atoms with Crippen LogP contribution in [0, 0.1) is 0 Å². The molecule has 0 aliphatic heterocycles. The summed E-state index contributed by atoms with van der Waals surface area (Å²) in [4.78, 5) is 24.4. The van der Waals surface area contributed by atoms with E-state index in [9.17, 15) is 19.8 Å². The predicted octanol–water partition coefficient (Wildman–Crippen LogP) is 19.2. The van der Waals surface area contributed by atoms with E-state index in [0.29, 0.717) is 25.9 Å². The third-order valence-corrected chi connectivity index (χ3v) is 14.6. The van der Waals surface area contributed by atoms with E-state index < -0.39 is 12.1 Å². The molecule has 0 fully saturated rings. The Morgan fingerprint density at radius 1 is 0.397 bits per heavy atom. The summed E-state index contributed by atoms with van der Waals surface area (Å²) in [6.45, 7) is 4.93. The number of amides is 1. The molecule has 0 radical (unpaired) electrons. The molecule has 0 aliphatic rings. The van der Waals surface area contributed by atoms with Gasteiger partial charge >= 0.3 is 5.97 Å². The molecular formula is C62H121NO5. The molecule has 6 heteroatoms. The number of carbonyl (C=O) groups excluding carboxylic acids is 2. The molecule has 0 spiro atoms. The van der Waals surface area contributed by atoms with Gasteiger partial charge in [-0.15, -0.1) is 0 Å². The molecule has 3 N–H and O–H groups in total. The first-order valence-electron chi connectivity index (χ1n) is 30.9. The van der Waals surface area contributed by atoms with Crippen molar-refractivity contribution in [3.63, 3.8) is 0 Å². The van der Waals surface area contributed by atoms with Crippen LogP contribution in [-0.2, 0) is 14.3 Å². The molecule has 2 atom stereocenters. The highest BCUT2D eigenvalue weighted by Gasteiger charge is 2.20. The lowest BCUT2D eigenvalue weighted by Crippen LogP contribution is -2.45. The molecule has 0 aliphatic carbocycles. The first-order valence-corrected chi connectivity index (χ1v) is 30.9. The average Bonchev–Trinajstić information content (AvgIpc) is 3.34. The second kappa shape index (κ2) is 58.2. The first-order chi connectivity index (χ1) is 33.5. The van der Waals surface area contributed by atoms with Crippen LogP contribution in [0.15, 0.2) is 12.2 Å². The van der Waals surface area contributed by atoms with Crippen molar-refractivity contribution in [3.8, 4) is 0 Å². The van der Waals surface area contributed by atoms with Crippen molar-refractivity contribution < 1.29 is 24.5 Å². The number of ether oxygens (including phenoxy) is 1. The number of esters is 1. The third-order valence-electron chi connectivity index (χ3n) is 14.6. The van der Waals surface area contributed by atoms with Crippen molar-refractivity contribution in [1.29, 1.82) is 0 Å². The van der Waals surface area contributed by atoms with Crippen LogP contribution >= 0.6 is 0 Å². The maximum atomic E-state index is 12.4. The van der Waals surface area contributed by atoms with Crippen molar-refractivity contribution in [3.05, 3.63) is 12.2 Å². The Kier molecular flexibility index (Phi) is 57.0. The number of nitrogens with one attached hydrogen (secondary N) is 1. The summed E-state index contributed by atoms with van der Waals surface area (Å²) in [5.74, 6) is -0.0218. The highest BCUT2D eigenvalue weighted by Crippen LogP contribution is 2.18. The molecule has 0 saturated heterocycles. The van der Waals surface area contributed by atoms with Gasteiger partial charge in [0.1, 0.15) is 0 Å². The molecule has 68 heavy (non-hydrogen) atoms. The van der Waals surface area contributed by atoms with Crippen LogP contribution in [0.2, 0.25) is 0 Å². The zero-order valence-electron chi connectivity index (χ0n) is 46.1. The van der Waals surface area contributed by atoms with Crippen LogP contribution in [0.4, 0.5) is 0 Å². The fourth-order valence-corrected chi connectivity index (χ4v) is 9.81. The van der Waals surface area contributed by atoms with Crippen LogP contribution in [-0.4, -0.2) is 47.4 Å². The quantitative estimate of drug-likeness (QED) is 0.0321. The van der Waals surface area contributed by atoms with Gasteiger partial charge in [0.25, 0.3) is 0 Å². The Morgan fingerprint density at radius 3 is 1.07 bits per heavy atom. The van der Waals surface area contributed by atoms with Crippen LogP contribution < -0.4 is 5.32 Å². The summed E-state index contributed by atoms with van der Waals surface area (Å²) in [5.41, 5.74) is 0. The molecule has 0 aromatic carbocycles. The summed E-state index contributed by atoms with van der Waals surface area (Å²) in [6, 6.07) is -0.535. The maximum absolute atomic E-state index is 12.4. The maximum Gasteiger partial charge on any atom is 0.305 e. The number of rotatable bonds is 58. The van der Waals surface area contributed by atoms with Crippen LogP contribution in [0.5, 0.6) is 0 Å². The molecule has 0 bridgehead atoms. The highest BCUT2D eigenvalue weighted by atomic mass is 16.5. The van der Waals surface area contributed by atoms with Gasteiger partial charge in [0.05, 0.1) is 25.4 Å². The van der Waals surface area contributed by atoms with Crippen molar-refractivity contribution in [2.75, 3.05) is 13.2 Å². The van der Waals surface area contributed by atoms with Gasteiger partial charge in [-0.1, -0.05) is 296 Å². The van der Waals surface area contributed by atoms with E-state index in [1.807, 2.05) is 0 Å². The Balaban J connectivity index is 3.29. The smallest absolute Gasteiger partial charge is 0.305 e. The van der Waals surface area contributed by atoms with Crippen molar-refractivity contribution >= 4 is 11.9 Å². The highest BCUT2D eigenvalue weighted by molar-refractivity contribution is 5.76. The van der Waals surface area contributed by atoms with Gasteiger partial charge in [-0.3, -0.25) is 9.59 Å². The number of aliphatic hydroxyl groups excluding tert-OH is 2. The summed E-state index contributed by atoms with van der Waals surface area (Å²) in [5, 5.41) is 23.1. The van der Waals surface area contributed by atoms with Crippen molar-refractivity contribution in [2.45, 2.75) is 360 Å². The number of aliphatic hydroxyl groups is 2. The van der Waals surface area contributed by atoms with Crippen LogP contribution in [0.3, 0.4) is 0 Å². The monoisotopic (exact) mass is 960 g/mol. The molecular weight excluding hydrogens is 839 g/mol. The lowest BCUT2D eigenvalue weighted by atomic mass is 10.0. The molecule has 404 valence electrons. The summed E-state index contributed by atoms with van der Waals surface area (Å²) in [7, 11) is 0. The summed E-state index contributed by atoms with van der Waals surface area (Å²) < 4.78 is 5.47. The molecule has 0 saturated carbocycles. The fraction of sp³-hybridized carbons (Fsp3) is 0.935. The first kappa shape index (κ1) is 66.6. The van der Waals surface area contributed by atoms with Gasteiger partial charge in [-0.05, 0) is 51.4 Å². The summed E-state index contributed by atoms with van der Waals surface area (Å²) >= 11 is 0. The Morgan fingerprint density at radius 2 is 0.691 bits per heavy atom. The molecule has 1 amide bonds. The number of unbranched alkanes of at least 4 members (excludes halogenated alkanes) is 45. The van der Waals surface area contributed by atoms with Crippen molar-refractivity contribution in [1.82, 2.24) is 5.32 Å². The summed E-state index contributed by atoms with van der Waals surface area (Å²) in [6.07, 6.45) is 69.6. The lowest BCUT2D eigenvalue weighted by Gasteiger charge is -2.22. The minimum atomic E-state index is -0.658. The van der Waals surface area contributed by atoms with Crippen LogP contribution in [0.1, 0.15) is 348 Å². The minimum Gasteiger partial charge on any atom is -0.466 e. The Bertz CT molecular complexity index is 1020. The second-order valence-corrected chi connectivity index (χ2v) is 21.4. The minimum absolute atomic E-state index is 0.0102. The van der Waals surface area contributed by atoms with Crippen LogP contribution in [0.25, 0.3) is 0 Å². The standard InChI is InChI=1S/C62H121NO5/c1-3-5-7-9-11-13-14-36-40-44-48-52-56-62(67)68-57-53-49-45-41-37-34-32-30-28-26-24-22-20-18-16-15-17-19-21-23-25-27-29-31-33-35-39-43-47-51-55-61(66)63-59(58-64)60(65)54-50-46-42-38-12-10-8-6-4-2/h11,13,59-60,64-65H,3-10,12,14-58H2,1-2H3,(H,63,66)/b13-11-. The molecule has 0 rings (SSSR count). The predicted molar refractivity (Wildman–Crippen MR) is 297 cm³/mol. The Labute approximate surface area is 425 Å². The SMILES string of the molecule is CCCCC/C=C\CCCCCCCC(=O)OCCCCCCCCCCCCCCCCCCCCCCCCCCCCCCCCC(=O)NC(CO)C(O)CCCCCCCCCCC. The second-order valence-electron chi connectivity index (χ2n) is 21.4. The largest absolute Gasteiger partial charge is 0.466 e. The number of allylic oxidation sites excluding steroid dienone is 2. The molecule has 0 aromatic rings. The normalized spacial score (nSPS) is 12.6. The number of hydrogen-bond donors (Lipinski definition) is 3. The van der Waals surface area contributed by atoms with E-state index in [1.54, 1.807) is 0 Å². The lowest BCUT2D eigenvalue weighted by molar-refractivity contribution is -0.143. The van der Waals surface area contributed by atoms with E-state index in [1.165, 1.54) is 270 Å². The zero-order chi connectivity index (χ0) is 49.3. The molecule has 6 nitrogen and oxygen atoms in total. The fourth-order valence-electron chi connectivity index (χ4n) is 9.81. The van der Waals surface area contributed by atoms with E-state index in [4.69, 9.17) is 4.74 Å². The van der Waals surface area contributed by atoms with Gasteiger partial charge in [0.15, 0.2) is 0 Å². The molecule has 0 heterocycles. The van der Waals surface area contributed by atoms with Gasteiger partial charge in [-0.2, -0.15) is 0 Å². The van der Waals surface area contributed by atoms with Gasteiger partial charge < -0.3 is 20.3 Å². The van der Waals surface area contributed by atoms with E-state index >= 15 is 0 Å².